The van der Waals surface area contributed by atoms with Gasteiger partial charge in [-0.15, -0.1) is 9.05 Å². The Kier molecular flexibility index (Phi) is 7.71. The number of sulfone groups is 2. The number of hydrogen-bond donors (Lipinski definition) is 2. The second-order valence-corrected chi connectivity index (χ2v) is 11.3. The van der Waals surface area contributed by atoms with E-state index in [1.54, 1.807) is 0 Å². The number of nitrogens with zero attached hydrogens (tertiary/aromatic N) is 4. The van der Waals surface area contributed by atoms with E-state index in [2.05, 4.69) is 30.4 Å². The number of nitrogens with one attached hydrogen (secondary N) is 2. The van der Waals surface area contributed by atoms with Crippen LogP contribution in [0.2, 0.25) is 0 Å². The number of rotatable bonds is 12. The largest absolute Gasteiger partial charge is 0.697 e. The molecule has 0 aliphatic carbocycles. The molecule has 0 aliphatic rings. The molecule has 0 bridgehead atoms. The van der Waals surface area contributed by atoms with Gasteiger partial charge >= 0.3 is 8.25 Å². The Morgan fingerprint density at radius 3 is 1.57 bits per heavy atom. The lowest BCUT2D eigenvalue weighted by Crippen LogP contribution is -2.15. The van der Waals surface area contributed by atoms with Gasteiger partial charge in [0.2, 0.25) is 0 Å². The van der Waals surface area contributed by atoms with E-state index in [-0.39, 0.29) is 37.7 Å². The van der Waals surface area contributed by atoms with Crippen molar-refractivity contribution in [2.45, 2.75) is 23.3 Å². The van der Waals surface area contributed by atoms with Crippen LogP contribution in [0.4, 0.5) is 0 Å². The summed E-state index contributed by atoms with van der Waals surface area (Å²) >= 11 is 0. The highest BCUT2D eigenvalue weighted by Crippen LogP contribution is 2.30. The number of H-pyrrole nitrogens is 2. The van der Waals surface area contributed by atoms with Gasteiger partial charge < -0.3 is 0 Å². The Bertz CT molecular complexity index is 884. The Labute approximate surface area is 162 Å². The minimum absolute atomic E-state index is 0.0114. The molecule has 0 saturated heterocycles. The predicted molar refractivity (Wildman–Crippen MR) is 96.7 cm³/mol. The quantitative estimate of drug-likeness (QED) is 0.418. The van der Waals surface area contributed by atoms with Crippen molar-refractivity contribution < 1.29 is 30.4 Å². The van der Waals surface area contributed by atoms with E-state index in [0.717, 1.165) is 12.5 Å². The maximum absolute atomic E-state index is 11.8. The van der Waals surface area contributed by atoms with Crippen molar-refractivity contribution in [2.75, 3.05) is 25.7 Å². The lowest BCUT2D eigenvalue weighted by Gasteiger charge is -2.10. The second-order valence-electron chi connectivity index (χ2n) is 5.85. The molecule has 0 amide bonds. The fraction of sp³-hybridized carbons (Fsp3) is 0.667. The van der Waals surface area contributed by atoms with Crippen molar-refractivity contribution in [1.82, 2.24) is 30.4 Å². The third-order valence-electron chi connectivity index (χ3n) is 3.66. The van der Waals surface area contributed by atoms with Crippen LogP contribution in [0.5, 0.6) is 0 Å². The molecule has 2 N–H and O–H groups in total. The second kappa shape index (κ2) is 9.60. The molecule has 0 fully saturated rings. The molecule has 16 heteroatoms. The van der Waals surface area contributed by atoms with Crippen LogP contribution in [0.1, 0.15) is 35.0 Å². The van der Waals surface area contributed by atoms with E-state index in [9.17, 15) is 21.4 Å². The first-order valence-electron chi connectivity index (χ1n) is 7.90. The number of hydrogen-bond acceptors (Lipinski definition) is 11. The van der Waals surface area contributed by atoms with Gasteiger partial charge in [0.1, 0.15) is 48.0 Å². The van der Waals surface area contributed by atoms with Gasteiger partial charge in [0, 0.05) is 17.1 Å². The zero-order chi connectivity index (χ0) is 20.8. The SMILES string of the molecule is CS(=O)(=O)C(CCO[P+](=O)OCCC(c1ncn[nH]1)S(C)(=O)=O)c1ncn[nH]1. The first kappa shape index (κ1) is 22.5. The molecule has 0 aromatic carbocycles. The molecule has 0 spiro atoms. The highest BCUT2D eigenvalue weighted by molar-refractivity contribution is 7.91. The summed E-state index contributed by atoms with van der Waals surface area (Å²) in [4.78, 5) is 7.64. The maximum atomic E-state index is 11.8. The molecular weight excluding hydrogens is 435 g/mol. The molecule has 2 aromatic heterocycles. The maximum Gasteiger partial charge on any atom is 0.697 e. The highest BCUT2D eigenvalue weighted by atomic mass is 32.2. The van der Waals surface area contributed by atoms with Crippen LogP contribution in [0.25, 0.3) is 0 Å². The van der Waals surface area contributed by atoms with Crippen LogP contribution in [0.15, 0.2) is 12.7 Å². The molecule has 2 aromatic rings. The van der Waals surface area contributed by atoms with Gasteiger partial charge in [-0.3, -0.25) is 10.2 Å². The summed E-state index contributed by atoms with van der Waals surface area (Å²) in [5.74, 6) is 0.315. The first-order valence-corrected chi connectivity index (χ1v) is 12.9. The fourth-order valence-corrected chi connectivity index (χ4v) is 5.02. The van der Waals surface area contributed by atoms with E-state index in [1.807, 2.05) is 0 Å². The summed E-state index contributed by atoms with van der Waals surface area (Å²) < 4.78 is 69.2. The lowest BCUT2D eigenvalue weighted by atomic mass is 10.3. The Morgan fingerprint density at radius 2 is 1.29 bits per heavy atom. The lowest BCUT2D eigenvalue weighted by molar-refractivity contribution is 0.219. The monoisotopic (exact) mass is 455 g/mol. The van der Waals surface area contributed by atoms with E-state index in [4.69, 9.17) is 9.05 Å². The molecule has 2 rings (SSSR count). The molecule has 0 aliphatic heterocycles. The minimum Gasteiger partial charge on any atom is -0.262 e. The topological polar surface area (TPSA) is 187 Å². The van der Waals surface area contributed by atoms with Gasteiger partial charge in [0.25, 0.3) is 0 Å². The van der Waals surface area contributed by atoms with Gasteiger partial charge in [-0.25, -0.2) is 26.8 Å². The van der Waals surface area contributed by atoms with Crippen molar-refractivity contribution in [3.63, 3.8) is 0 Å². The smallest absolute Gasteiger partial charge is 0.262 e. The van der Waals surface area contributed by atoms with Crippen molar-refractivity contribution in [3.8, 4) is 0 Å². The molecule has 28 heavy (non-hydrogen) atoms. The van der Waals surface area contributed by atoms with Gasteiger partial charge in [0.15, 0.2) is 19.7 Å². The minimum atomic E-state index is -3.49. The molecular formula is C12H20N6O7PS2+. The van der Waals surface area contributed by atoms with Gasteiger partial charge in [0.05, 0.1) is 0 Å². The van der Waals surface area contributed by atoms with Gasteiger partial charge in [-0.2, -0.15) is 10.2 Å². The predicted octanol–water partition coefficient (Wildman–Crippen LogP) is 0.265. The summed E-state index contributed by atoms with van der Waals surface area (Å²) in [7, 11) is -9.54. The zero-order valence-electron chi connectivity index (χ0n) is 15.0. The normalized spacial score (nSPS) is 15.3. The van der Waals surface area contributed by atoms with Gasteiger partial charge in [-0.1, -0.05) is 0 Å². The van der Waals surface area contributed by atoms with Crippen LogP contribution in [0, 0.1) is 0 Å². The molecule has 13 nitrogen and oxygen atoms in total. The third-order valence-corrected chi connectivity index (χ3v) is 7.44. The first-order chi connectivity index (χ1) is 13.1. The summed E-state index contributed by atoms with van der Waals surface area (Å²) in [6.45, 7) is -0.351. The van der Waals surface area contributed by atoms with Crippen LogP contribution >= 0.6 is 8.25 Å². The van der Waals surface area contributed by atoms with Crippen molar-refractivity contribution in [1.29, 1.82) is 0 Å². The van der Waals surface area contributed by atoms with Crippen molar-refractivity contribution in [3.05, 3.63) is 24.3 Å². The summed E-state index contributed by atoms with van der Waals surface area (Å²) in [6.07, 6.45) is 4.44. The van der Waals surface area contributed by atoms with Crippen molar-refractivity contribution >= 4 is 27.9 Å². The molecule has 156 valence electrons. The average molecular weight is 455 g/mol. The molecule has 0 radical (unpaired) electrons. The molecule has 2 atom stereocenters. The molecule has 2 heterocycles. The molecule has 2 unspecified atom stereocenters. The number of aromatic nitrogens is 6. The summed E-state index contributed by atoms with van der Waals surface area (Å²) in [6, 6.07) is 0. The van der Waals surface area contributed by atoms with E-state index < -0.39 is 38.4 Å². The Balaban J connectivity index is 1.81. The average Bonchev–Trinajstić information content (AvgIpc) is 3.26. The number of aromatic amines is 2. The van der Waals surface area contributed by atoms with Crippen LogP contribution in [-0.2, 0) is 33.3 Å². The Hall–Kier alpha value is -1.80. The molecule has 0 saturated carbocycles. The zero-order valence-corrected chi connectivity index (χ0v) is 17.6. The van der Waals surface area contributed by atoms with Gasteiger partial charge in [-0.05, 0) is 12.8 Å². The summed E-state index contributed by atoms with van der Waals surface area (Å²) in [5.41, 5.74) is 0. The fourth-order valence-electron chi connectivity index (χ4n) is 2.35. The van der Waals surface area contributed by atoms with Crippen LogP contribution in [-0.4, -0.2) is 72.9 Å². The third kappa shape index (κ3) is 6.67. The van der Waals surface area contributed by atoms with E-state index in [1.165, 1.54) is 12.7 Å². The van der Waals surface area contributed by atoms with E-state index in [0.29, 0.717) is 0 Å². The Morgan fingerprint density at radius 1 is 0.893 bits per heavy atom. The summed E-state index contributed by atoms with van der Waals surface area (Å²) in [5, 5.41) is 10.2. The van der Waals surface area contributed by atoms with Crippen LogP contribution < -0.4 is 0 Å². The van der Waals surface area contributed by atoms with Crippen molar-refractivity contribution in [2.24, 2.45) is 0 Å². The standard InChI is InChI=1S/C12H20N6O7PS2/c1-27(20,21)9(11-13-7-15-17-11)3-5-24-26(19)25-6-4-10(28(2,22)23)12-14-8-16-18-12/h7-10H,3-6H2,1-2H3,(H,13,15,17)(H,14,16,18)/q+1. The van der Waals surface area contributed by atoms with E-state index >= 15 is 0 Å². The van der Waals surface area contributed by atoms with Crippen LogP contribution in [0.3, 0.4) is 0 Å². The highest BCUT2D eigenvalue weighted by Gasteiger charge is 2.30.